The molecule has 8 nitrogen and oxygen atoms in total. The topological polar surface area (TPSA) is 104 Å². The molecule has 0 atom stereocenters. The predicted molar refractivity (Wildman–Crippen MR) is 125 cm³/mol. The van der Waals surface area contributed by atoms with Crippen LogP contribution in [0, 0.1) is 10.1 Å². The third-order valence-corrected chi connectivity index (χ3v) is 6.08. The maximum atomic E-state index is 12.8. The van der Waals surface area contributed by atoms with Crippen LogP contribution in [0.2, 0.25) is 0 Å². The first-order chi connectivity index (χ1) is 16.0. The van der Waals surface area contributed by atoms with E-state index in [-0.39, 0.29) is 11.5 Å². The molecule has 1 aromatic heterocycles. The van der Waals surface area contributed by atoms with E-state index in [1.165, 1.54) is 23.5 Å². The van der Waals surface area contributed by atoms with Gasteiger partial charge < -0.3 is 9.30 Å². The standard InChI is InChI=1S/C24H19N3O5S/c1-32-14-13-26-20-15-19(27(30)31)11-12-21(20)33-24(26)25-23(29)18-9-7-17(8-10-18)22(28)16-5-3-2-4-6-16/h2-12,15H,13-14H2,1H3. The molecule has 0 fully saturated rings. The number of thiazole rings is 1. The minimum atomic E-state index is -0.471. The molecule has 0 saturated carbocycles. The van der Waals surface area contributed by atoms with Crippen molar-refractivity contribution in [3.8, 4) is 0 Å². The molecule has 0 bridgehead atoms. The number of rotatable bonds is 7. The van der Waals surface area contributed by atoms with Gasteiger partial charge in [0, 0.05) is 42.5 Å². The number of nitro benzene ring substituents is 1. The molecule has 1 amide bonds. The zero-order valence-corrected chi connectivity index (χ0v) is 18.5. The Morgan fingerprint density at radius 1 is 1.00 bits per heavy atom. The van der Waals surface area contributed by atoms with Crippen LogP contribution in [-0.2, 0) is 11.3 Å². The van der Waals surface area contributed by atoms with Crippen molar-refractivity contribution in [1.82, 2.24) is 4.57 Å². The van der Waals surface area contributed by atoms with Gasteiger partial charge in [-0.2, -0.15) is 4.99 Å². The third kappa shape index (κ3) is 4.79. The smallest absolute Gasteiger partial charge is 0.279 e. The highest BCUT2D eigenvalue weighted by Crippen LogP contribution is 2.23. The number of benzene rings is 3. The number of amides is 1. The summed E-state index contributed by atoms with van der Waals surface area (Å²) in [7, 11) is 1.55. The molecule has 0 aliphatic carbocycles. The van der Waals surface area contributed by atoms with Gasteiger partial charge in [-0.25, -0.2) is 0 Å². The largest absolute Gasteiger partial charge is 0.383 e. The molecule has 0 spiro atoms. The lowest BCUT2D eigenvalue weighted by Gasteiger charge is -2.04. The van der Waals surface area contributed by atoms with Crippen molar-refractivity contribution in [2.45, 2.75) is 6.54 Å². The maximum absolute atomic E-state index is 12.8. The van der Waals surface area contributed by atoms with Crippen LogP contribution in [0.25, 0.3) is 10.2 Å². The summed E-state index contributed by atoms with van der Waals surface area (Å²) in [6.07, 6.45) is 0. The first kappa shape index (κ1) is 22.3. The van der Waals surface area contributed by atoms with E-state index in [0.717, 1.165) is 4.70 Å². The zero-order valence-electron chi connectivity index (χ0n) is 17.6. The van der Waals surface area contributed by atoms with Crippen molar-refractivity contribution in [3.05, 3.63) is 104 Å². The summed E-state index contributed by atoms with van der Waals surface area (Å²) in [5.41, 5.74) is 1.95. The van der Waals surface area contributed by atoms with Gasteiger partial charge in [0.25, 0.3) is 11.6 Å². The lowest BCUT2D eigenvalue weighted by atomic mass is 10.0. The molecule has 4 rings (SSSR count). The Morgan fingerprint density at radius 3 is 2.33 bits per heavy atom. The number of ether oxygens (including phenoxy) is 1. The van der Waals surface area contributed by atoms with E-state index in [9.17, 15) is 19.7 Å². The second-order valence-corrected chi connectivity index (χ2v) is 8.14. The van der Waals surface area contributed by atoms with Crippen LogP contribution >= 0.6 is 11.3 Å². The van der Waals surface area contributed by atoms with E-state index in [1.54, 1.807) is 66.3 Å². The number of nitrogens with zero attached hydrogens (tertiary/aromatic N) is 3. The first-order valence-electron chi connectivity index (χ1n) is 10.0. The van der Waals surface area contributed by atoms with Crippen LogP contribution < -0.4 is 4.80 Å². The molecule has 0 unspecified atom stereocenters. The number of methoxy groups -OCH3 is 1. The Balaban J connectivity index is 1.68. The van der Waals surface area contributed by atoms with Gasteiger partial charge in [0.2, 0.25) is 0 Å². The van der Waals surface area contributed by atoms with E-state index in [4.69, 9.17) is 4.74 Å². The van der Waals surface area contributed by atoms with Crippen molar-refractivity contribution in [2.75, 3.05) is 13.7 Å². The Bertz CT molecular complexity index is 1410. The van der Waals surface area contributed by atoms with Gasteiger partial charge in [0.05, 0.1) is 21.7 Å². The molecular formula is C24H19N3O5S. The molecule has 9 heteroatoms. The van der Waals surface area contributed by atoms with Crippen LogP contribution in [0.5, 0.6) is 0 Å². The number of carbonyl (C=O) groups excluding carboxylic acids is 2. The van der Waals surface area contributed by atoms with Crippen molar-refractivity contribution in [2.24, 2.45) is 4.99 Å². The van der Waals surface area contributed by atoms with Crippen molar-refractivity contribution < 1.29 is 19.2 Å². The molecule has 4 aromatic rings. The van der Waals surface area contributed by atoms with Crippen LogP contribution in [0.1, 0.15) is 26.3 Å². The molecular weight excluding hydrogens is 442 g/mol. The Labute approximate surface area is 192 Å². The highest BCUT2D eigenvalue weighted by atomic mass is 32.1. The summed E-state index contributed by atoms with van der Waals surface area (Å²) >= 11 is 1.27. The van der Waals surface area contributed by atoms with Gasteiger partial charge >= 0.3 is 0 Å². The van der Waals surface area contributed by atoms with E-state index < -0.39 is 10.8 Å². The summed E-state index contributed by atoms with van der Waals surface area (Å²) in [4.78, 5) is 40.8. The third-order valence-electron chi connectivity index (χ3n) is 5.02. The van der Waals surface area contributed by atoms with E-state index in [2.05, 4.69) is 4.99 Å². The number of nitro groups is 1. The van der Waals surface area contributed by atoms with Crippen LogP contribution in [0.4, 0.5) is 5.69 Å². The summed E-state index contributed by atoms with van der Waals surface area (Å²) in [6, 6.07) is 19.8. The molecule has 0 radical (unpaired) electrons. The Kier molecular flexibility index (Phi) is 6.53. The quantitative estimate of drug-likeness (QED) is 0.233. The monoisotopic (exact) mass is 461 g/mol. The fourth-order valence-electron chi connectivity index (χ4n) is 3.33. The average Bonchev–Trinajstić information content (AvgIpc) is 3.18. The molecule has 1 heterocycles. The average molecular weight is 461 g/mol. The number of aromatic nitrogens is 1. The summed E-state index contributed by atoms with van der Waals surface area (Å²) in [5.74, 6) is -0.601. The van der Waals surface area contributed by atoms with Gasteiger partial charge in [0.15, 0.2) is 10.6 Å². The molecule has 0 saturated heterocycles. The zero-order chi connectivity index (χ0) is 23.4. The fourth-order valence-corrected chi connectivity index (χ4v) is 4.36. The first-order valence-corrected chi connectivity index (χ1v) is 10.8. The number of hydrogen-bond donors (Lipinski definition) is 0. The summed E-state index contributed by atoms with van der Waals surface area (Å²) in [5, 5.41) is 11.2. The van der Waals surface area contributed by atoms with E-state index in [1.807, 2.05) is 6.07 Å². The molecule has 3 aromatic carbocycles. The Morgan fingerprint density at radius 2 is 1.67 bits per heavy atom. The van der Waals surface area contributed by atoms with Gasteiger partial charge in [-0.05, 0) is 18.2 Å². The van der Waals surface area contributed by atoms with Crippen LogP contribution in [0.15, 0.2) is 77.8 Å². The number of ketones is 1. The SMILES string of the molecule is COCCn1c(=NC(=O)c2ccc(C(=O)c3ccccc3)cc2)sc2ccc([N+](=O)[O-])cc21. The molecule has 0 aliphatic heterocycles. The van der Waals surface area contributed by atoms with Crippen LogP contribution in [-0.4, -0.2) is 34.9 Å². The van der Waals surface area contributed by atoms with Gasteiger partial charge in [-0.15, -0.1) is 0 Å². The minimum Gasteiger partial charge on any atom is -0.383 e. The molecule has 0 N–H and O–H groups in total. The van der Waals surface area contributed by atoms with E-state index >= 15 is 0 Å². The number of carbonyl (C=O) groups is 2. The van der Waals surface area contributed by atoms with E-state index in [0.29, 0.717) is 40.2 Å². The van der Waals surface area contributed by atoms with Gasteiger partial charge in [-0.1, -0.05) is 53.8 Å². The van der Waals surface area contributed by atoms with Gasteiger partial charge in [-0.3, -0.25) is 19.7 Å². The fraction of sp³-hybridized carbons (Fsp3) is 0.125. The highest BCUT2D eigenvalue weighted by Gasteiger charge is 2.14. The van der Waals surface area contributed by atoms with Crippen molar-refractivity contribution >= 4 is 38.9 Å². The molecule has 166 valence electrons. The van der Waals surface area contributed by atoms with Crippen molar-refractivity contribution in [3.63, 3.8) is 0 Å². The summed E-state index contributed by atoms with van der Waals surface area (Å²) in [6.45, 7) is 0.737. The normalized spacial score (nSPS) is 11.6. The van der Waals surface area contributed by atoms with Gasteiger partial charge in [0.1, 0.15) is 0 Å². The lowest BCUT2D eigenvalue weighted by molar-refractivity contribution is -0.384. The molecule has 0 aliphatic rings. The number of fused-ring (bicyclic) bond motifs is 1. The second-order valence-electron chi connectivity index (χ2n) is 7.13. The number of hydrogen-bond acceptors (Lipinski definition) is 6. The molecule has 33 heavy (non-hydrogen) atoms. The minimum absolute atomic E-state index is 0.0389. The second kappa shape index (κ2) is 9.68. The van der Waals surface area contributed by atoms with Crippen LogP contribution in [0.3, 0.4) is 0 Å². The van der Waals surface area contributed by atoms with Crippen molar-refractivity contribution in [1.29, 1.82) is 0 Å². The predicted octanol–water partition coefficient (Wildman–Crippen LogP) is 4.23. The summed E-state index contributed by atoms with van der Waals surface area (Å²) < 4.78 is 7.66. The highest BCUT2D eigenvalue weighted by molar-refractivity contribution is 7.16. The lowest BCUT2D eigenvalue weighted by Crippen LogP contribution is -2.19. The number of non-ortho nitro benzene ring substituents is 1. The Hall–Kier alpha value is -3.95. The maximum Gasteiger partial charge on any atom is 0.279 e.